The molecule has 1 heterocycles. The molecule has 0 unspecified atom stereocenters. The third-order valence-corrected chi connectivity index (χ3v) is 2.72. The van der Waals surface area contributed by atoms with E-state index in [9.17, 15) is 14.4 Å². The van der Waals surface area contributed by atoms with Gasteiger partial charge >= 0.3 is 0 Å². The van der Waals surface area contributed by atoms with Crippen molar-refractivity contribution >= 4 is 34.5 Å². The van der Waals surface area contributed by atoms with Gasteiger partial charge in [-0.1, -0.05) is 0 Å². The lowest BCUT2D eigenvalue weighted by atomic mass is 10.3. The van der Waals surface area contributed by atoms with E-state index in [1.54, 1.807) is 25.1 Å². The number of rotatable bonds is 5. The van der Waals surface area contributed by atoms with Gasteiger partial charge in [0.25, 0.3) is 0 Å². The minimum absolute atomic E-state index is 0.161. The number of carbonyl (C=O) groups is 3. The lowest BCUT2D eigenvalue weighted by Crippen LogP contribution is -2.39. The first-order valence-electron chi connectivity index (χ1n) is 6.62. The Kier molecular flexibility index (Phi) is 4.72. The van der Waals surface area contributed by atoms with E-state index in [4.69, 9.17) is 4.42 Å². The second-order valence-corrected chi connectivity index (χ2v) is 4.65. The SMILES string of the molecule is CC(=O)NCC(=O)NCC(=O)Nc1ccc2nc(C)oc2c1. The molecule has 0 fully saturated rings. The fraction of sp³-hybridized carbons (Fsp3) is 0.286. The zero-order valence-electron chi connectivity index (χ0n) is 12.2. The quantitative estimate of drug-likeness (QED) is 0.736. The van der Waals surface area contributed by atoms with Crippen LogP contribution in [0.25, 0.3) is 11.1 Å². The van der Waals surface area contributed by atoms with Gasteiger partial charge in [0.05, 0.1) is 13.1 Å². The van der Waals surface area contributed by atoms with Crippen LogP contribution >= 0.6 is 0 Å². The number of aromatic nitrogens is 1. The molecular formula is C14H16N4O4. The molecule has 3 N–H and O–H groups in total. The van der Waals surface area contributed by atoms with Gasteiger partial charge in [0.2, 0.25) is 17.7 Å². The number of nitrogens with zero attached hydrogens (tertiary/aromatic N) is 1. The molecule has 2 rings (SSSR count). The van der Waals surface area contributed by atoms with E-state index < -0.39 is 5.91 Å². The van der Waals surface area contributed by atoms with Crippen molar-refractivity contribution in [3.8, 4) is 0 Å². The molecule has 8 heteroatoms. The molecule has 0 aliphatic carbocycles. The number of anilines is 1. The van der Waals surface area contributed by atoms with E-state index >= 15 is 0 Å². The van der Waals surface area contributed by atoms with Crippen molar-refractivity contribution in [1.82, 2.24) is 15.6 Å². The number of fused-ring (bicyclic) bond motifs is 1. The van der Waals surface area contributed by atoms with Gasteiger partial charge < -0.3 is 20.4 Å². The number of amides is 3. The molecule has 0 spiro atoms. The van der Waals surface area contributed by atoms with Gasteiger partial charge in [-0.05, 0) is 12.1 Å². The largest absolute Gasteiger partial charge is 0.441 e. The molecule has 3 amide bonds. The number of nitrogens with one attached hydrogen (secondary N) is 3. The molecule has 2 aromatic rings. The molecule has 22 heavy (non-hydrogen) atoms. The summed E-state index contributed by atoms with van der Waals surface area (Å²) in [7, 11) is 0. The monoisotopic (exact) mass is 304 g/mol. The Hall–Kier alpha value is -2.90. The van der Waals surface area contributed by atoms with E-state index in [2.05, 4.69) is 20.9 Å². The lowest BCUT2D eigenvalue weighted by molar-refractivity contribution is -0.126. The first-order valence-corrected chi connectivity index (χ1v) is 6.62. The van der Waals surface area contributed by atoms with Crippen LogP contribution in [0, 0.1) is 6.92 Å². The molecule has 0 saturated heterocycles. The van der Waals surface area contributed by atoms with Crippen LogP contribution in [0.1, 0.15) is 12.8 Å². The summed E-state index contributed by atoms with van der Waals surface area (Å²) in [5.41, 5.74) is 1.83. The number of hydrogen-bond acceptors (Lipinski definition) is 5. The predicted molar refractivity (Wildman–Crippen MR) is 79.1 cm³/mol. The van der Waals surface area contributed by atoms with Gasteiger partial charge in [-0.2, -0.15) is 0 Å². The molecule has 0 aliphatic rings. The fourth-order valence-electron chi connectivity index (χ4n) is 1.77. The van der Waals surface area contributed by atoms with E-state index in [1.165, 1.54) is 6.92 Å². The summed E-state index contributed by atoms with van der Waals surface area (Å²) < 4.78 is 5.37. The number of carbonyl (C=O) groups excluding carboxylic acids is 3. The second kappa shape index (κ2) is 6.70. The van der Waals surface area contributed by atoms with Gasteiger partial charge in [-0.15, -0.1) is 0 Å². The van der Waals surface area contributed by atoms with Gasteiger partial charge in [0.15, 0.2) is 11.5 Å². The Morgan fingerprint density at radius 3 is 2.59 bits per heavy atom. The van der Waals surface area contributed by atoms with Crippen molar-refractivity contribution in [2.24, 2.45) is 0 Å². The highest BCUT2D eigenvalue weighted by Gasteiger charge is 2.08. The number of aryl methyl sites for hydroxylation is 1. The summed E-state index contributed by atoms with van der Waals surface area (Å²) in [5.74, 6) is -0.586. The average molecular weight is 304 g/mol. The highest BCUT2D eigenvalue weighted by atomic mass is 16.3. The number of oxazole rings is 1. The fourth-order valence-corrected chi connectivity index (χ4v) is 1.77. The zero-order chi connectivity index (χ0) is 16.1. The summed E-state index contributed by atoms with van der Waals surface area (Å²) in [5, 5.41) is 7.37. The van der Waals surface area contributed by atoms with E-state index in [1.807, 2.05) is 0 Å². The topological polar surface area (TPSA) is 113 Å². The smallest absolute Gasteiger partial charge is 0.243 e. The molecule has 0 saturated carbocycles. The molecule has 1 aromatic heterocycles. The molecule has 0 bridgehead atoms. The van der Waals surface area contributed by atoms with Crippen LogP contribution < -0.4 is 16.0 Å². The predicted octanol–water partition coefficient (Wildman–Crippen LogP) is 0.327. The zero-order valence-corrected chi connectivity index (χ0v) is 12.2. The molecule has 0 radical (unpaired) electrons. The Morgan fingerprint density at radius 2 is 1.86 bits per heavy atom. The van der Waals surface area contributed by atoms with Crippen molar-refractivity contribution < 1.29 is 18.8 Å². The van der Waals surface area contributed by atoms with E-state index in [0.717, 1.165) is 0 Å². The third kappa shape index (κ3) is 4.30. The summed E-state index contributed by atoms with van der Waals surface area (Å²) in [6.45, 7) is 2.70. The van der Waals surface area contributed by atoms with Crippen LogP contribution in [-0.2, 0) is 14.4 Å². The van der Waals surface area contributed by atoms with Gasteiger partial charge in [0.1, 0.15) is 5.52 Å². The molecule has 0 atom stereocenters. The normalized spacial score (nSPS) is 10.3. The third-order valence-electron chi connectivity index (χ3n) is 2.72. The Balaban J connectivity index is 1.85. The van der Waals surface area contributed by atoms with Crippen molar-refractivity contribution in [3.05, 3.63) is 24.1 Å². The van der Waals surface area contributed by atoms with E-state index in [0.29, 0.717) is 22.7 Å². The number of benzene rings is 1. The molecule has 8 nitrogen and oxygen atoms in total. The average Bonchev–Trinajstić information content (AvgIpc) is 2.82. The maximum Gasteiger partial charge on any atom is 0.243 e. The Morgan fingerprint density at radius 1 is 1.14 bits per heavy atom. The van der Waals surface area contributed by atoms with Crippen molar-refractivity contribution in [2.45, 2.75) is 13.8 Å². The van der Waals surface area contributed by atoms with Crippen LogP contribution in [0.2, 0.25) is 0 Å². The molecule has 1 aromatic carbocycles. The minimum Gasteiger partial charge on any atom is -0.441 e. The van der Waals surface area contributed by atoms with Gasteiger partial charge in [-0.25, -0.2) is 4.98 Å². The van der Waals surface area contributed by atoms with Crippen molar-refractivity contribution in [2.75, 3.05) is 18.4 Å². The maximum atomic E-state index is 11.7. The van der Waals surface area contributed by atoms with E-state index in [-0.39, 0.29) is 24.9 Å². The van der Waals surface area contributed by atoms with Gasteiger partial charge in [-0.3, -0.25) is 14.4 Å². The first-order chi connectivity index (χ1) is 10.4. The van der Waals surface area contributed by atoms with Crippen LogP contribution in [-0.4, -0.2) is 35.8 Å². The van der Waals surface area contributed by atoms with Gasteiger partial charge in [0, 0.05) is 25.6 Å². The summed E-state index contributed by atoms with van der Waals surface area (Å²) >= 11 is 0. The number of hydrogen-bond donors (Lipinski definition) is 3. The van der Waals surface area contributed by atoms with Crippen LogP contribution in [0.5, 0.6) is 0 Å². The van der Waals surface area contributed by atoms with Crippen LogP contribution in [0.15, 0.2) is 22.6 Å². The molecule has 0 aliphatic heterocycles. The Bertz CT molecular complexity index is 723. The van der Waals surface area contributed by atoms with Crippen molar-refractivity contribution in [3.63, 3.8) is 0 Å². The van der Waals surface area contributed by atoms with Crippen LogP contribution in [0.4, 0.5) is 5.69 Å². The molecular weight excluding hydrogens is 288 g/mol. The first kappa shape index (κ1) is 15.5. The van der Waals surface area contributed by atoms with Crippen molar-refractivity contribution in [1.29, 1.82) is 0 Å². The standard InChI is InChI=1S/C14H16N4O4/c1-8(19)15-6-13(20)16-7-14(21)18-10-3-4-11-12(5-10)22-9(2)17-11/h3-5H,6-7H2,1-2H3,(H,15,19)(H,16,20)(H,18,21). The summed E-state index contributed by atoms with van der Waals surface area (Å²) in [6, 6.07) is 5.09. The minimum atomic E-state index is -0.438. The highest BCUT2D eigenvalue weighted by molar-refractivity contribution is 5.96. The summed E-state index contributed by atoms with van der Waals surface area (Å²) in [4.78, 5) is 37.9. The maximum absolute atomic E-state index is 11.7. The van der Waals surface area contributed by atoms with Crippen LogP contribution in [0.3, 0.4) is 0 Å². The Labute approximate surface area is 126 Å². The summed E-state index contributed by atoms with van der Waals surface area (Å²) in [6.07, 6.45) is 0. The highest BCUT2D eigenvalue weighted by Crippen LogP contribution is 2.19. The second-order valence-electron chi connectivity index (χ2n) is 4.65. The molecule has 116 valence electrons. The lowest BCUT2D eigenvalue weighted by Gasteiger charge is -2.07.